The van der Waals surface area contributed by atoms with Gasteiger partial charge in [0.2, 0.25) is 0 Å². The highest BCUT2D eigenvalue weighted by Crippen LogP contribution is 2.33. The van der Waals surface area contributed by atoms with Gasteiger partial charge in [-0.2, -0.15) is 0 Å². The minimum absolute atomic E-state index is 0.000718. The maximum atomic E-state index is 12.7. The number of amides is 2. The maximum Gasteiger partial charge on any atom is 0.335 e. The van der Waals surface area contributed by atoms with Crippen molar-refractivity contribution in [2.75, 3.05) is 18.0 Å². The van der Waals surface area contributed by atoms with Gasteiger partial charge in [-0.3, -0.25) is 4.90 Å². The molecule has 1 aliphatic heterocycles. The lowest BCUT2D eigenvalue weighted by Gasteiger charge is -2.27. The second kappa shape index (κ2) is 5.24. The molecule has 21 heavy (non-hydrogen) atoms. The molecule has 1 aromatic carbocycles. The lowest BCUT2D eigenvalue weighted by Crippen LogP contribution is -2.43. The number of anilines is 1. The third kappa shape index (κ3) is 2.51. The van der Waals surface area contributed by atoms with Gasteiger partial charge in [0.1, 0.15) is 0 Å². The predicted molar refractivity (Wildman–Crippen MR) is 79.8 cm³/mol. The van der Waals surface area contributed by atoms with Gasteiger partial charge in [-0.15, -0.1) is 6.58 Å². The van der Waals surface area contributed by atoms with Crippen LogP contribution >= 0.6 is 0 Å². The van der Waals surface area contributed by atoms with Crippen LogP contribution in [-0.4, -0.2) is 41.1 Å². The van der Waals surface area contributed by atoms with E-state index in [4.69, 9.17) is 5.11 Å². The molecule has 0 atom stereocenters. The molecule has 2 aliphatic rings. The van der Waals surface area contributed by atoms with Crippen molar-refractivity contribution in [1.29, 1.82) is 0 Å². The van der Waals surface area contributed by atoms with Crippen LogP contribution in [-0.2, 0) is 6.42 Å². The van der Waals surface area contributed by atoms with Crippen molar-refractivity contribution in [3.8, 4) is 0 Å². The molecule has 0 saturated heterocycles. The smallest absolute Gasteiger partial charge is 0.335 e. The molecule has 1 fully saturated rings. The number of rotatable bonds is 4. The first-order valence-electron chi connectivity index (χ1n) is 7.17. The van der Waals surface area contributed by atoms with Gasteiger partial charge in [0.05, 0.1) is 5.56 Å². The number of hydrogen-bond acceptors (Lipinski definition) is 2. The molecule has 0 bridgehead atoms. The van der Waals surface area contributed by atoms with Crippen molar-refractivity contribution < 1.29 is 14.7 Å². The molecule has 1 N–H and O–H groups in total. The van der Waals surface area contributed by atoms with Crippen molar-refractivity contribution >= 4 is 17.7 Å². The fourth-order valence-corrected chi connectivity index (χ4v) is 2.80. The van der Waals surface area contributed by atoms with E-state index < -0.39 is 5.97 Å². The van der Waals surface area contributed by atoms with Gasteiger partial charge in [-0.05, 0) is 43.0 Å². The number of urea groups is 1. The van der Waals surface area contributed by atoms with Crippen LogP contribution in [0.1, 0.15) is 28.8 Å². The molecule has 5 nitrogen and oxygen atoms in total. The normalized spacial score (nSPS) is 16.5. The zero-order chi connectivity index (χ0) is 15.0. The van der Waals surface area contributed by atoms with Gasteiger partial charge >= 0.3 is 12.0 Å². The van der Waals surface area contributed by atoms with E-state index in [1.807, 2.05) is 4.90 Å². The van der Waals surface area contributed by atoms with Crippen molar-refractivity contribution in [3.05, 3.63) is 42.0 Å². The number of aromatic carboxylic acids is 1. The van der Waals surface area contributed by atoms with Crippen LogP contribution < -0.4 is 4.90 Å². The summed E-state index contributed by atoms with van der Waals surface area (Å²) >= 11 is 0. The van der Waals surface area contributed by atoms with E-state index in [2.05, 4.69) is 6.58 Å². The predicted octanol–water partition coefficient (Wildman–Crippen LogP) is 2.52. The van der Waals surface area contributed by atoms with Gasteiger partial charge in [-0.1, -0.05) is 6.08 Å². The van der Waals surface area contributed by atoms with Crippen LogP contribution in [0.2, 0.25) is 0 Å². The Kier molecular flexibility index (Phi) is 3.41. The largest absolute Gasteiger partial charge is 0.478 e. The van der Waals surface area contributed by atoms with Crippen molar-refractivity contribution in [1.82, 2.24) is 4.90 Å². The van der Waals surface area contributed by atoms with E-state index in [0.717, 1.165) is 24.1 Å². The van der Waals surface area contributed by atoms with E-state index in [-0.39, 0.29) is 11.6 Å². The number of carbonyl (C=O) groups excluding carboxylic acids is 1. The lowest BCUT2D eigenvalue weighted by atomic mass is 10.1. The van der Waals surface area contributed by atoms with Gasteiger partial charge < -0.3 is 10.0 Å². The Morgan fingerprint density at radius 2 is 2.19 bits per heavy atom. The first-order valence-corrected chi connectivity index (χ1v) is 7.17. The number of fused-ring (bicyclic) bond motifs is 1. The molecule has 1 heterocycles. The monoisotopic (exact) mass is 286 g/mol. The quantitative estimate of drug-likeness (QED) is 0.865. The molecule has 1 saturated carbocycles. The summed E-state index contributed by atoms with van der Waals surface area (Å²) in [5.41, 5.74) is 2.03. The summed E-state index contributed by atoms with van der Waals surface area (Å²) in [6.45, 7) is 4.88. The van der Waals surface area contributed by atoms with Crippen molar-refractivity contribution in [3.63, 3.8) is 0 Å². The van der Waals surface area contributed by atoms with Gasteiger partial charge in [0.15, 0.2) is 0 Å². The molecule has 0 aromatic heterocycles. The van der Waals surface area contributed by atoms with E-state index in [9.17, 15) is 9.59 Å². The van der Waals surface area contributed by atoms with Crippen LogP contribution in [0.15, 0.2) is 30.9 Å². The lowest BCUT2D eigenvalue weighted by molar-refractivity contribution is 0.0697. The molecule has 0 unspecified atom stereocenters. The van der Waals surface area contributed by atoms with Gasteiger partial charge in [-0.25, -0.2) is 9.59 Å². The Hall–Kier alpha value is -2.30. The van der Waals surface area contributed by atoms with E-state index in [0.29, 0.717) is 25.6 Å². The first-order chi connectivity index (χ1) is 10.1. The van der Waals surface area contributed by atoms with Gasteiger partial charge in [0, 0.05) is 24.8 Å². The Bertz CT molecular complexity index is 608. The summed E-state index contributed by atoms with van der Waals surface area (Å²) in [5.74, 6) is -0.936. The highest BCUT2D eigenvalue weighted by molar-refractivity contribution is 5.96. The fraction of sp³-hybridized carbons (Fsp3) is 0.375. The molecular formula is C16H18N2O3. The fourth-order valence-electron chi connectivity index (χ4n) is 2.80. The van der Waals surface area contributed by atoms with Crippen molar-refractivity contribution in [2.24, 2.45) is 0 Å². The van der Waals surface area contributed by atoms with Crippen LogP contribution in [0, 0.1) is 0 Å². The molecule has 5 heteroatoms. The molecule has 0 spiro atoms. The molecule has 1 aromatic rings. The van der Waals surface area contributed by atoms with E-state index >= 15 is 0 Å². The zero-order valence-corrected chi connectivity index (χ0v) is 11.8. The number of carboxylic acid groups (broad SMARTS) is 1. The Balaban J connectivity index is 1.84. The summed E-state index contributed by atoms with van der Waals surface area (Å²) in [6.07, 6.45) is 4.56. The zero-order valence-electron chi connectivity index (χ0n) is 11.8. The number of hydrogen-bond donors (Lipinski definition) is 1. The second-order valence-corrected chi connectivity index (χ2v) is 5.51. The van der Waals surface area contributed by atoms with Crippen molar-refractivity contribution in [2.45, 2.75) is 25.3 Å². The Labute approximate surface area is 123 Å². The molecule has 0 radical (unpaired) electrons. The SMILES string of the molecule is C=CCN(C(=O)N1CCc2cc(C(=O)O)ccc21)C1CC1. The summed E-state index contributed by atoms with van der Waals surface area (Å²) in [7, 11) is 0. The maximum absolute atomic E-state index is 12.7. The van der Waals surface area contributed by atoms with Crippen LogP contribution in [0.5, 0.6) is 0 Å². The Morgan fingerprint density at radius 1 is 1.43 bits per heavy atom. The molecule has 2 amide bonds. The number of benzene rings is 1. The van der Waals surface area contributed by atoms with Gasteiger partial charge in [0.25, 0.3) is 0 Å². The van der Waals surface area contributed by atoms with E-state index in [1.165, 1.54) is 0 Å². The van der Waals surface area contributed by atoms with Crippen LogP contribution in [0.25, 0.3) is 0 Å². The Morgan fingerprint density at radius 3 is 2.81 bits per heavy atom. The van der Waals surface area contributed by atoms with E-state index in [1.54, 1.807) is 29.2 Å². The van der Waals surface area contributed by atoms with Crippen LogP contribution in [0.4, 0.5) is 10.5 Å². The molecular weight excluding hydrogens is 268 g/mol. The third-order valence-electron chi connectivity index (χ3n) is 4.01. The molecule has 110 valence electrons. The summed E-state index contributed by atoms with van der Waals surface area (Å²) in [5, 5.41) is 9.03. The highest BCUT2D eigenvalue weighted by atomic mass is 16.4. The topological polar surface area (TPSA) is 60.9 Å². The average Bonchev–Trinajstić information content (AvgIpc) is 3.22. The second-order valence-electron chi connectivity index (χ2n) is 5.51. The number of carbonyl (C=O) groups is 2. The van der Waals surface area contributed by atoms with Crippen LogP contribution in [0.3, 0.4) is 0 Å². The minimum Gasteiger partial charge on any atom is -0.478 e. The number of carboxylic acids is 1. The average molecular weight is 286 g/mol. The molecule has 3 rings (SSSR count). The highest BCUT2D eigenvalue weighted by Gasteiger charge is 2.36. The standard InChI is InChI=1S/C16H18N2O3/c1-2-8-17(13-4-5-13)16(21)18-9-7-11-10-12(15(19)20)3-6-14(11)18/h2-3,6,10,13H,1,4-5,7-9H2,(H,19,20). The summed E-state index contributed by atoms with van der Waals surface area (Å²) < 4.78 is 0. The third-order valence-corrected chi connectivity index (χ3v) is 4.01. The molecule has 1 aliphatic carbocycles. The first kappa shape index (κ1) is 13.7. The summed E-state index contributed by atoms with van der Waals surface area (Å²) in [4.78, 5) is 27.3. The summed E-state index contributed by atoms with van der Waals surface area (Å²) in [6, 6.07) is 5.29. The minimum atomic E-state index is -0.936. The number of nitrogens with zero attached hydrogens (tertiary/aromatic N) is 2.